The third-order valence-corrected chi connectivity index (χ3v) is 2.19. The normalized spacial score (nSPS) is 25.6. The number of rotatable bonds is 3. The van der Waals surface area contributed by atoms with Crippen LogP contribution in [0.25, 0.3) is 0 Å². The van der Waals surface area contributed by atoms with Crippen LogP contribution in [-0.2, 0) is 9.59 Å². The average molecular weight is 197 g/mol. The molecule has 0 spiro atoms. The first kappa shape index (κ1) is 10.4. The number of hydrogen-bond acceptors (Lipinski definition) is 3. The van der Waals surface area contributed by atoms with Crippen molar-refractivity contribution in [2.45, 2.75) is 25.8 Å². The minimum absolute atomic E-state index is 0.0694. The van der Waals surface area contributed by atoms with Crippen molar-refractivity contribution in [3.8, 4) is 0 Å². The fourth-order valence-electron chi connectivity index (χ4n) is 1.62. The summed E-state index contributed by atoms with van der Waals surface area (Å²) in [6.07, 6.45) is 1.11. The largest absolute Gasteiger partial charge is 0.481 e. The topological polar surface area (TPSA) is 87.0 Å². The van der Waals surface area contributed by atoms with Crippen molar-refractivity contribution in [2.75, 3.05) is 0 Å². The number of nitrogens with zero attached hydrogens (tertiary/aromatic N) is 1. The number of carboxylic acids is 2. The van der Waals surface area contributed by atoms with Gasteiger partial charge < -0.3 is 10.2 Å². The van der Waals surface area contributed by atoms with Crippen molar-refractivity contribution in [3.63, 3.8) is 0 Å². The predicted molar refractivity (Wildman–Crippen MR) is 49.5 cm³/mol. The van der Waals surface area contributed by atoms with Crippen LogP contribution in [0.4, 0.5) is 0 Å². The van der Waals surface area contributed by atoms with Gasteiger partial charge in [0.25, 0.3) is 0 Å². The van der Waals surface area contributed by atoms with E-state index >= 15 is 0 Å². The molecule has 1 aliphatic rings. The van der Waals surface area contributed by atoms with Gasteiger partial charge in [-0.05, 0) is 19.4 Å². The van der Waals surface area contributed by atoms with Gasteiger partial charge in [-0.15, -0.1) is 0 Å². The molecule has 1 heterocycles. The second-order valence-corrected chi connectivity index (χ2v) is 3.47. The second-order valence-electron chi connectivity index (χ2n) is 3.47. The van der Waals surface area contributed by atoms with Crippen LogP contribution in [-0.4, -0.2) is 33.9 Å². The summed E-state index contributed by atoms with van der Waals surface area (Å²) in [5.41, 5.74) is -0.539. The number of carboxylic acid groups (broad SMARTS) is 2. The van der Waals surface area contributed by atoms with E-state index in [1.165, 1.54) is 13.1 Å². The maximum Gasteiger partial charge on any atom is 0.334 e. The Morgan fingerprint density at radius 1 is 1.50 bits per heavy atom. The van der Waals surface area contributed by atoms with Gasteiger partial charge in [-0.3, -0.25) is 9.79 Å². The molecule has 5 nitrogen and oxygen atoms in total. The molecule has 0 bridgehead atoms. The van der Waals surface area contributed by atoms with Crippen LogP contribution < -0.4 is 0 Å². The Kier molecular flexibility index (Phi) is 2.42. The van der Waals surface area contributed by atoms with E-state index in [1.807, 2.05) is 0 Å². The molecule has 0 aromatic heterocycles. The third-order valence-electron chi connectivity index (χ3n) is 2.19. The molecule has 0 radical (unpaired) electrons. The van der Waals surface area contributed by atoms with Gasteiger partial charge in [0.05, 0.1) is 12.0 Å². The van der Waals surface area contributed by atoms with Crippen LogP contribution in [0, 0.1) is 0 Å². The zero-order valence-electron chi connectivity index (χ0n) is 7.94. The van der Waals surface area contributed by atoms with Crippen LogP contribution >= 0.6 is 0 Å². The van der Waals surface area contributed by atoms with E-state index in [4.69, 9.17) is 10.2 Å². The lowest BCUT2D eigenvalue weighted by Gasteiger charge is -2.20. The first-order valence-corrected chi connectivity index (χ1v) is 4.08. The number of hydrogen-bond donors (Lipinski definition) is 2. The van der Waals surface area contributed by atoms with Crippen molar-refractivity contribution in [2.24, 2.45) is 4.99 Å². The van der Waals surface area contributed by atoms with E-state index in [-0.39, 0.29) is 12.0 Å². The summed E-state index contributed by atoms with van der Waals surface area (Å²) >= 11 is 0. The highest BCUT2D eigenvalue weighted by molar-refractivity contribution is 6.01. The van der Waals surface area contributed by atoms with Crippen molar-refractivity contribution >= 4 is 18.2 Å². The molecule has 14 heavy (non-hydrogen) atoms. The lowest BCUT2D eigenvalue weighted by atomic mass is 9.88. The van der Waals surface area contributed by atoms with Gasteiger partial charge in [0, 0.05) is 6.21 Å². The van der Waals surface area contributed by atoms with Gasteiger partial charge in [0.1, 0.15) is 5.54 Å². The van der Waals surface area contributed by atoms with Crippen LogP contribution in [0.5, 0.6) is 0 Å². The molecule has 5 heteroatoms. The summed E-state index contributed by atoms with van der Waals surface area (Å²) in [7, 11) is 0. The number of aliphatic imine (C=N–C) groups is 1. The summed E-state index contributed by atoms with van der Waals surface area (Å²) in [6, 6.07) is 0. The summed E-state index contributed by atoms with van der Waals surface area (Å²) < 4.78 is 0. The highest BCUT2D eigenvalue weighted by Gasteiger charge is 2.39. The molecular weight excluding hydrogens is 186 g/mol. The summed E-state index contributed by atoms with van der Waals surface area (Å²) in [6.45, 7) is 3.12. The third kappa shape index (κ3) is 1.66. The second kappa shape index (κ2) is 3.25. The Balaban J connectivity index is 3.07. The first-order valence-electron chi connectivity index (χ1n) is 4.08. The van der Waals surface area contributed by atoms with Crippen molar-refractivity contribution in [1.29, 1.82) is 0 Å². The van der Waals surface area contributed by atoms with Gasteiger partial charge in [-0.2, -0.15) is 0 Å². The van der Waals surface area contributed by atoms with Crippen molar-refractivity contribution < 1.29 is 19.8 Å². The zero-order valence-corrected chi connectivity index (χ0v) is 7.94. The van der Waals surface area contributed by atoms with Gasteiger partial charge >= 0.3 is 11.9 Å². The fourth-order valence-corrected chi connectivity index (χ4v) is 1.62. The Bertz CT molecular complexity index is 356. The fraction of sp³-hybridized carbons (Fsp3) is 0.444. The van der Waals surface area contributed by atoms with E-state index in [0.717, 1.165) is 0 Å². The van der Waals surface area contributed by atoms with Crippen molar-refractivity contribution in [1.82, 2.24) is 0 Å². The van der Waals surface area contributed by atoms with Crippen LogP contribution in [0.3, 0.4) is 0 Å². The minimum atomic E-state index is -1.12. The van der Waals surface area contributed by atoms with Crippen LogP contribution in [0.2, 0.25) is 0 Å². The molecule has 0 fully saturated rings. The van der Waals surface area contributed by atoms with Crippen LogP contribution in [0.1, 0.15) is 20.3 Å². The summed E-state index contributed by atoms with van der Waals surface area (Å²) in [5, 5.41) is 17.5. The Hall–Kier alpha value is -1.65. The molecule has 1 unspecified atom stereocenters. The monoisotopic (exact) mass is 197 g/mol. The maximum absolute atomic E-state index is 10.9. The van der Waals surface area contributed by atoms with E-state index in [9.17, 15) is 9.59 Å². The summed E-state index contributed by atoms with van der Waals surface area (Å²) in [5.74, 6) is -2.16. The van der Waals surface area contributed by atoms with Crippen molar-refractivity contribution in [3.05, 3.63) is 11.1 Å². The van der Waals surface area contributed by atoms with E-state index < -0.39 is 17.5 Å². The summed E-state index contributed by atoms with van der Waals surface area (Å²) in [4.78, 5) is 25.4. The Labute approximate surface area is 80.8 Å². The van der Waals surface area contributed by atoms with Gasteiger partial charge in [-0.1, -0.05) is 0 Å². The molecule has 1 atom stereocenters. The lowest BCUT2D eigenvalue weighted by Crippen LogP contribution is -2.30. The first-order chi connectivity index (χ1) is 6.37. The van der Waals surface area contributed by atoms with Gasteiger partial charge in [0.15, 0.2) is 0 Å². The molecular formula is C9H11NO4. The molecule has 0 saturated heterocycles. The molecule has 2 N–H and O–H groups in total. The van der Waals surface area contributed by atoms with E-state index in [1.54, 1.807) is 6.92 Å². The molecule has 76 valence electrons. The highest BCUT2D eigenvalue weighted by atomic mass is 16.4. The molecule has 0 amide bonds. The highest BCUT2D eigenvalue weighted by Crippen LogP contribution is 2.32. The zero-order chi connectivity index (χ0) is 10.9. The number of allylic oxidation sites excluding steroid dienone is 1. The lowest BCUT2D eigenvalue weighted by molar-refractivity contribution is -0.138. The SMILES string of the molecule is CC1=C(C(=O)O)C(C)(CC(=O)O)N=C1. The minimum Gasteiger partial charge on any atom is -0.481 e. The Morgan fingerprint density at radius 3 is 2.50 bits per heavy atom. The average Bonchev–Trinajstić information content (AvgIpc) is 2.24. The number of carbonyl (C=O) groups is 2. The quantitative estimate of drug-likeness (QED) is 0.697. The number of aliphatic carboxylic acids is 2. The molecule has 1 aliphatic heterocycles. The molecule has 0 aliphatic carbocycles. The molecule has 1 rings (SSSR count). The molecule has 0 saturated carbocycles. The van der Waals surface area contributed by atoms with E-state index in [2.05, 4.69) is 4.99 Å². The van der Waals surface area contributed by atoms with Crippen LogP contribution in [0.15, 0.2) is 16.1 Å². The van der Waals surface area contributed by atoms with Gasteiger partial charge in [-0.25, -0.2) is 4.79 Å². The van der Waals surface area contributed by atoms with Gasteiger partial charge in [0.2, 0.25) is 0 Å². The predicted octanol–water partition coefficient (Wildman–Crippen LogP) is 0.705. The molecule has 0 aromatic rings. The molecule has 0 aromatic carbocycles. The van der Waals surface area contributed by atoms with E-state index in [0.29, 0.717) is 5.57 Å². The maximum atomic E-state index is 10.9. The standard InChI is InChI=1S/C9H11NO4/c1-5-4-10-9(2,3-6(11)12)7(5)8(13)14/h4H,3H2,1-2H3,(H,11,12)(H,13,14). The smallest absolute Gasteiger partial charge is 0.334 e. The Morgan fingerprint density at radius 2 is 2.07 bits per heavy atom.